The van der Waals surface area contributed by atoms with E-state index in [1.807, 2.05) is 43.3 Å². The van der Waals surface area contributed by atoms with Gasteiger partial charge in [-0.25, -0.2) is 5.43 Å². The number of benzene rings is 2. The maximum absolute atomic E-state index is 12.1. The number of anilines is 1. The number of hydrazone groups is 1. The highest BCUT2D eigenvalue weighted by Gasteiger charge is 2.13. The van der Waals surface area contributed by atoms with E-state index < -0.39 is 6.04 Å². The topological polar surface area (TPSA) is 81.2 Å². The average Bonchev–Trinajstić information content (AvgIpc) is 3.11. The Bertz CT molecular complexity index is 790. The largest absolute Gasteiger partial charge is 0.494 e. The van der Waals surface area contributed by atoms with Crippen molar-refractivity contribution in [2.75, 3.05) is 18.7 Å². The lowest BCUT2D eigenvalue weighted by atomic mass is 10.2. The van der Waals surface area contributed by atoms with Crippen LogP contribution >= 0.6 is 0 Å². The Hall–Kier alpha value is -3.22. The molecule has 7 nitrogen and oxygen atoms in total. The quantitative estimate of drug-likeness (QED) is 0.590. The summed E-state index contributed by atoms with van der Waals surface area (Å²) < 4.78 is 16.0. The molecule has 1 aliphatic rings. The van der Waals surface area contributed by atoms with Gasteiger partial charge >= 0.3 is 0 Å². The van der Waals surface area contributed by atoms with Crippen LogP contribution in [0.5, 0.6) is 17.2 Å². The second-order valence-corrected chi connectivity index (χ2v) is 5.67. The summed E-state index contributed by atoms with van der Waals surface area (Å²) in [5.74, 6) is 1.93. The number of amides is 1. The smallest absolute Gasteiger partial charge is 0.262 e. The average molecular weight is 355 g/mol. The van der Waals surface area contributed by atoms with Crippen LogP contribution in [-0.2, 0) is 4.79 Å². The van der Waals surface area contributed by atoms with Crippen LogP contribution in [0, 0.1) is 0 Å². The van der Waals surface area contributed by atoms with Crippen molar-refractivity contribution in [1.29, 1.82) is 0 Å². The molecule has 1 amide bonds. The van der Waals surface area contributed by atoms with E-state index in [1.54, 1.807) is 19.2 Å². The highest BCUT2D eigenvalue weighted by atomic mass is 16.7. The standard InChI is InChI=1S/C19H21N3O4/c1-3-24-16-7-5-15(6-8-16)21-13(2)19(23)22-20-11-14-4-9-17-18(10-14)26-12-25-17/h4-11,13,21H,3,12H2,1-2H3,(H,22,23). The first-order chi connectivity index (χ1) is 12.7. The van der Waals surface area contributed by atoms with Crippen molar-refractivity contribution in [2.45, 2.75) is 19.9 Å². The second kappa shape index (κ2) is 8.24. The summed E-state index contributed by atoms with van der Waals surface area (Å²) in [5, 5.41) is 7.10. The molecule has 2 N–H and O–H groups in total. The number of nitrogens with one attached hydrogen (secondary N) is 2. The molecule has 0 bridgehead atoms. The maximum Gasteiger partial charge on any atom is 0.262 e. The van der Waals surface area contributed by atoms with Crippen molar-refractivity contribution < 1.29 is 19.0 Å². The van der Waals surface area contributed by atoms with Gasteiger partial charge in [0, 0.05) is 5.69 Å². The van der Waals surface area contributed by atoms with E-state index in [4.69, 9.17) is 14.2 Å². The first-order valence-corrected chi connectivity index (χ1v) is 8.37. The zero-order valence-electron chi connectivity index (χ0n) is 14.7. The van der Waals surface area contributed by atoms with Crippen molar-refractivity contribution in [2.24, 2.45) is 5.10 Å². The molecule has 0 saturated heterocycles. The van der Waals surface area contributed by atoms with Gasteiger partial charge in [-0.1, -0.05) is 0 Å². The Morgan fingerprint density at radius 2 is 2.00 bits per heavy atom. The van der Waals surface area contributed by atoms with Crippen molar-refractivity contribution in [3.63, 3.8) is 0 Å². The number of nitrogens with zero attached hydrogens (tertiary/aromatic N) is 1. The van der Waals surface area contributed by atoms with Crippen molar-refractivity contribution >= 4 is 17.8 Å². The van der Waals surface area contributed by atoms with Gasteiger partial charge in [0.1, 0.15) is 11.8 Å². The molecule has 26 heavy (non-hydrogen) atoms. The van der Waals surface area contributed by atoms with Gasteiger partial charge in [0.05, 0.1) is 12.8 Å². The molecule has 7 heteroatoms. The minimum absolute atomic E-state index is 0.224. The summed E-state index contributed by atoms with van der Waals surface area (Å²) in [4.78, 5) is 12.1. The first kappa shape index (κ1) is 17.6. The molecule has 0 radical (unpaired) electrons. The van der Waals surface area contributed by atoms with Crippen LogP contribution in [0.4, 0.5) is 5.69 Å². The van der Waals surface area contributed by atoms with Crippen LogP contribution in [0.1, 0.15) is 19.4 Å². The van der Waals surface area contributed by atoms with Gasteiger partial charge in [0.15, 0.2) is 11.5 Å². The van der Waals surface area contributed by atoms with Crippen molar-refractivity contribution in [3.05, 3.63) is 48.0 Å². The van der Waals surface area contributed by atoms with Gasteiger partial charge in [-0.15, -0.1) is 0 Å². The normalized spacial score (nSPS) is 13.5. The molecule has 3 rings (SSSR count). The molecule has 136 valence electrons. The second-order valence-electron chi connectivity index (χ2n) is 5.67. The van der Waals surface area contributed by atoms with E-state index >= 15 is 0 Å². The van der Waals surface area contributed by atoms with Crippen molar-refractivity contribution in [1.82, 2.24) is 5.43 Å². The molecule has 1 atom stereocenters. The number of fused-ring (bicyclic) bond motifs is 1. The van der Waals surface area contributed by atoms with Crippen LogP contribution in [0.3, 0.4) is 0 Å². The fourth-order valence-corrected chi connectivity index (χ4v) is 2.39. The third-order valence-electron chi connectivity index (χ3n) is 3.73. The van der Waals surface area contributed by atoms with Gasteiger partial charge in [-0.2, -0.15) is 5.10 Å². The lowest BCUT2D eigenvalue weighted by Crippen LogP contribution is -2.34. The highest BCUT2D eigenvalue weighted by Crippen LogP contribution is 2.31. The van der Waals surface area contributed by atoms with E-state index in [-0.39, 0.29) is 12.7 Å². The van der Waals surface area contributed by atoms with E-state index in [2.05, 4.69) is 15.8 Å². The Morgan fingerprint density at radius 1 is 1.23 bits per heavy atom. The van der Waals surface area contributed by atoms with Gasteiger partial charge in [-0.3, -0.25) is 4.79 Å². The van der Waals surface area contributed by atoms with E-state index in [0.717, 1.165) is 17.0 Å². The van der Waals surface area contributed by atoms with Crippen molar-refractivity contribution in [3.8, 4) is 17.2 Å². The Kier molecular flexibility index (Phi) is 5.58. The number of ether oxygens (including phenoxy) is 3. The van der Waals surface area contributed by atoms with Crippen LogP contribution < -0.4 is 25.0 Å². The van der Waals surface area contributed by atoms with Gasteiger partial charge in [0.2, 0.25) is 6.79 Å². The fourth-order valence-electron chi connectivity index (χ4n) is 2.39. The molecule has 0 aliphatic carbocycles. The highest BCUT2D eigenvalue weighted by molar-refractivity contribution is 5.86. The molecule has 0 fully saturated rings. The summed E-state index contributed by atoms with van der Waals surface area (Å²) in [6, 6.07) is 12.4. The monoisotopic (exact) mass is 355 g/mol. The van der Waals surface area contributed by atoms with Gasteiger partial charge < -0.3 is 19.5 Å². The third kappa shape index (κ3) is 4.44. The predicted molar refractivity (Wildman–Crippen MR) is 99.0 cm³/mol. The molecule has 0 saturated carbocycles. The SMILES string of the molecule is CCOc1ccc(NC(C)C(=O)NN=Cc2ccc3c(c2)OCO3)cc1. The number of carbonyl (C=O) groups excluding carboxylic acids is 1. The minimum Gasteiger partial charge on any atom is -0.494 e. The predicted octanol–water partition coefficient (Wildman–Crippen LogP) is 2.76. The first-order valence-electron chi connectivity index (χ1n) is 8.37. The summed E-state index contributed by atoms with van der Waals surface area (Å²) in [6.07, 6.45) is 1.56. The zero-order chi connectivity index (χ0) is 18.4. The lowest BCUT2D eigenvalue weighted by Gasteiger charge is -2.14. The molecule has 1 unspecified atom stereocenters. The summed E-state index contributed by atoms with van der Waals surface area (Å²) >= 11 is 0. The molecule has 1 heterocycles. The molecular formula is C19H21N3O4. The van der Waals surface area contributed by atoms with Gasteiger partial charge in [-0.05, 0) is 61.9 Å². The molecule has 2 aromatic carbocycles. The molecule has 0 spiro atoms. The number of hydrogen-bond donors (Lipinski definition) is 2. The van der Waals surface area contributed by atoms with Crippen LogP contribution in [0.15, 0.2) is 47.6 Å². The van der Waals surface area contributed by atoms with Crippen LogP contribution in [0.25, 0.3) is 0 Å². The fraction of sp³-hybridized carbons (Fsp3) is 0.263. The Labute approximate surface area is 152 Å². The van der Waals surface area contributed by atoms with E-state index in [9.17, 15) is 4.79 Å². The van der Waals surface area contributed by atoms with Crippen LogP contribution in [0.2, 0.25) is 0 Å². The number of rotatable bonds is 7. The number of carbonyl (C=O) groups is 1. The summed E-state index contributed by atoms with van der Waals surface area (Å²) in [5.41, 5.74) is 4.16. The van der Waals surface area contributed by atoms with E-state index in [1.165, 1.54) is 0 Å². The summed E-state index contributed by atoms with van der Waals surface area (Å²) in [6.45, 7) is 4.54. The molecule has 1 aliphatic heterocycles. The molecular weight excluding hydrogens is 334 g/mol. The molecule has 2 aromatic rings. The number of hydrogen-bond acceptors (Lipinski definition) is 6. The maximum atomic E-state index is 12.1. The minimum atomic E-state index is -0.443. The van der Waals surface area contributed by atoms with Crippen LogP contribution in [-0.4, -0.2) is 31.6 Å². The lowest BCUT2D eigenvalue weighted by molar-refractivity contribution is -0.121. The zero-order valence-corrected chi connectivity index (χ0v) is 14.7. The third-order valence-corrected chi connectivity index (χ3v) is 3.73. The molecule has 0 aromatic heterocycles. The van der Waals surface area contributed by atoms with E-state index in [0.29, 0.717) is 18.1 Å². The van der Waals surface area contributed by atoms with Gasteiger partial charge in [0.25, 0.3) is 5.91 Å². The summed E-state index contributed by atoms with van der Waals surface area (Å²) in [7, 11) is 0. The Morgan fingerprint density at radius 3 is 2.77 bits per heavy atom. The Balaban J connectivity index is 1.50.